The van der Waals surface area contributed by atoms with Crippen LogP contribution in [0.2, 0.25) is 0 Å². The number of amidine groups is 1. The fourth-order valence-electron chi connectivity index (χ4n) is 2.62. The van der Waals surface area contributed by atoms with E-state index >= 15 is 0 Å². The van der Waals surface area contributed by atoms with Crippen LogP contribution in [0, 0.1) is 0 Å². The van der Waals surface area contributed by atoms with E-state index in [4.69, 9.17) is 10.9 Å². The van der Waals surface area contributed by atoms with Crippen LogP contribution in [0.15, 0.2) is 29.4 Å². The Morgan fingerprint density at radius 2 is 1.86 bits per heavy atom. The molecule has 0 aliphatic carbocycles. The number of oxime groups is 1. The Hall–Kier alpha value is -2.08. The van der Waals surface area contributed by atoms with Crippen molar-refractivity contribution in [2.75, 3.05) is 20.1 Å². The van der Waals surface area contributed by atoms with Crippen LogP contribution >= 0.6 is 0 Å². The molecule has 2 rings (SSSR count). The summed E-state index contributed by atoms with van der Waals surface area (Å²) in [5.41, 5.74) is 6.67. The summed E-state index contributed by atoms with van der Waals surface area (Å²) in [5, 5.41) is 11.7. The Kier molecular flexibility index (Phi) is 4.47. The van der Waals surface area contributed by atoms with Gasteiger partial charge in [0, 0.05) is 36.3 Å². The van der Waals surface area contributed by atoms with E-state index in [0.717, 1.165) is 0 Å². The zero-order valence-corrected chi connectivity index (χ0v) is 12.7. The summed E-state index contributed by atoms with van der Waals surface area (Å²) in [6.07, 6.45) is 0. The van der Waals surface area contributed by atoms with Gasteiger partial charge in [-0.05, 0) is 33.0 Å². The van der Waals surface area contributed by atoms with Crippen LogP contribution in [0.3, 0.4) is 0 Å². The van der Waals surface area contributed by atoms with Gasteiger partial charge in [0.15, 0.2) is 5.84 Å². The monoisotopic (exact) mass is 290 g/mol. The second-order valence-corrected chi connectivity index (χ2v) is 5.64. The largest absolute Gasteiger partial charge is 0.409 e. The molecule has 3 N–H and O–H groups in total. The normalized spacial score (nSPS) is 24.1. The minimum atomic E-state index is -0.0191. The highest BCUT2D eigenvalue weighted by atomic mass is 16.4. The van der Waals surface area contributed by atoms with Crippen LogP contribution in [-0.2, 0) is 0 Å². The van der Waals surface area contributed by atoms with Crippen molar-refractivity contribution in [3.05, 3.63) is 35.4 Å². The molecule has 0 aromatic heterocycles. The zero-order chi connectivity index (χ0) is 15.6. The van der Waals surface area contributed by atoms with Gasteiger partial charge in [-0.1, -0.05) is 17.3 Å². The second kappa shape index (κ2) is 6.13. The molecule has 1 aromatic rings. The molecule has 0 radical (unpaired) electrons. The van der Waals surface area contributed by atoms with Crippen LogP contribution in [0.1, 0.15) is 29.8 Å². The number of rotatable bonds is 2. The molecule has 2 atom stereocenters. The summed E-state index contributed by atoms with van der Waals surface area (Å²) in [6.45, 7) is 5.63. The van der Waals surface area contributed by atoms with E-state index in [9.17, 15) is 4.79 Å². The van der Waals surface area contributed by atoms with Crippen molar-refractivity contribution in [2.24, 2.45) is 10.9 Å². The number of benzene rings is 1. The molecule has 0 spiro atoms. The number of hydrogen-bond donors (Lipinski definition) is 2. The van der Waals surface area contributed by atoms with Crippen LogP contribution in [0.25, 0.3) is 0 Å². The molecule has 6 nitrogen and oxygen atoms in total. The predicted molar refractivity (Wildman–Crippen MR) is 81.5 cm³/mol. The van der Waals surface area contributed by atoms with Crippen molar-refractivity contribution < 1.29 is 10.0 Å². The van der Waals surface area contributed by atoms with E-state index in [1.165, 1.54) is 0 Å². The van der Waals surface area contributed by atoms with Crippen molar-refractivity contribution >= 4 is 11.7 Å². The summed E-state index contributed by atoms with van der Waals surface area (Å²) in [6, 6.07) is 7.51. The maximum atomic E-state index is 12.6. The minimum Gasteiger partial charge on any atom is -0.409 e. The van der Waals surface area contributed by atoms with Gasteiger partial charge in [-0.25, -0.2) is 0 Å². The summed E-state index contributed by atoms with van der Waals surface area (Å²) in [4.78, 5) is 16.8. The van der Waals surface area contributed by atoms with Gasteiger partial charge in [0.1, 0.15) is 0 Å². The highest BCUT2D eigenvalue weighted by molar-refractivity contribution is 6.01. The van der Waals surface area contributed by atoms with Gasteiger partial charge in [-0.3, -0.25) is 9.69 Å². The lowest BCUT2D eigenvalue weighted by Crippen LogP contribution is -2.56. The van der Waals surface area contributed by atoms with Gasteiger partial charge in [0.25, 0.3) is 5.91 Å². The first-order chi connectivity index (χ1) is 9.93. The minimum absolute atomic E-state index is 0.00441. The van der Waals surface area contributed by atoms with E-state index in [0.29, 0.717) is 36.3 Å². The van der Waals surface area contributed by atoms with Crippen molar-refractivity contribution in [1.82, 2.24) is 9.80 Å². The SMILES string of the molecule is CC1CN(C(=O)c2cccc(/C(N)=N/O)c2)CC(C)N1C. The number of piperazine rings is 1. The average Bonchev–Trinajstić information content (AvgIpc) is 2.50. The highest BCUT2D eigenvalue weighted by Crippen LogP contribution is 2.17. The molecular formula is C15H22N4O2. The van der Waals surface area contributed by atoms with Gasteiger partial charge < -0.3 is 15.8 Å². The molecule has 1 aliphatic rings. The van der Waals surface area contributed by atoms with Crippen LogP contribution in [0.5, 0.6) is 0 Å². The van der Waals surface area contributed by atoms with Crippen LogP contribution < -0.4 is 5.73 Å². The first kappa shape index (κ1) is 15.3. The number of nitrogens with two attached hydrogens (primary N) is 1. The Bertz CT molecular complexity index is 546. The van der Waals surface area contributed by atoms with Crippen molar-refractivity contribution in [3.8, 4) is 0 Å². The molecule has 0 saturated carbocycles. The Morgan fingerprint density at radius 3 is 2.43 bits per heavy atom. The number of likely N-dealkylation sites (N-methyl/N-ethyl adjacent to an activating group) is 1. The Balaban J connectivity index is 2.21. The molecule has 1 amide bonds. The quantitative estimate of drug-likeness (QED) is 0.368. The third kappa shape index (κ3) is 3.16. The third-order valence-corrected chi connectivity index (χ3v) is 4.16. The van der Waals surface area contributed by atoms with Crippen LogP contribution in [0.4, 0.5) is 0 Å². The molecule has 1 aromatic carbocycles. The van der Waals surface area contributed by atoms with E-state index < -0.39 is 0 Å². The standard InChI is InChI=1S/C15H22N4O2/c1-10-8-19(9-11(2)18(10)3)15(20)13-6-4-5-12(7-13)14(16)17-21/h4-7,10-11,21H,8-9H2,1-3H3,(H2,16,17). The Labute approximate surface area is 124 Å². The highest BCUT2D eigenvalue weighted by Gasteiger charge is 2.29. The number of carbonyl (C=O) groups is 1. The molecule has 2 unspecified atom stereocenters. The van der Waals surface area contributed by atoms with Gasteiger partial charge in [-0.2, -0.15) is 0 Å². The van der Waals surface area contributed by atoms with E-state index in [1.54, 1.807) is 24.3 Å². The van der Waals surface area contributed by atoms with E-state index in [1.807, 2.05) is 4.90 Å². The van der Waals surface area contributed by atoms with Crippen LogP contribution in [-0.4, -0.2) is 59.0 Å². The fourth-order valence-corrected chi connectivity index (χ4v) is 2.62. The van der Waals surface area contributed by atoms with Crippen molar-refractivity contribution in [1.29, 1.82) is 0 Å². The fraction of sp³-hybridized carbons (Fsp3) is 0.467. The maximum Gasteiger partial charge on any atom is 0.253 e. The third-order valence-electron chi connectivity index (χ3n) is 4.16. The molecule has 114 valence electrons. The molecule has 1 fully saturated rings. The summed E-state index contributed by atoms with van der Waals surface area (Å²) < 4.78 is 0. The molecular weight excluding hydrogens is 268 g/mol. The molecule has 0 bridgehead atoms. The van der Waals surface area contributed by atoms with Crippen molar-refractivity contribution in [2.45, 2.75) is 25.9 Å². The number of carbonyl (C=O) groups excluding carboxylic acids is 1. The number of hydrogen-bond acceptors (Lipinski definition) is 4. The first-order valence-corrected chi connectivity index (χ1v) is 7.03. The lowest BCUT2D eigenvalue weighted by molar-refractivity contribution is 0.0414. The zero-order valence-electron chi connectivity index (χ0n) is 12.7. The van der Waals surface area contributed by atoms with Gasteiger partial charge in [0.2, 0.25) is 0 Å². The molecule has 1 saturated heterocycles. The van der Waals surface area contributed by atoms with Gasteiger partial charge in [-0.15, -0.1) is 0 Å². The second-order valence-electron chi connectivity index (χ2n) is 5.64. The summed E-state index contributed by atoms with van der Waals surface area (Å²) in [5.74, 6) is -0.0147. The van der Waals surface area contributed by atoms with E-state index in [-0.39, 0.29) is 11.7 Å². The lowest BCUT2D eigenvalue weighted by Gasteiger charge is -2.42. The number of amides is 1. The summed E-state index contributed by atoms with van der Waals surface area (Å²) in [7, 11) is 2.08. The predicted octanol–water partition coefficient (Wildman–Crippen LogP) is 0.946. The summed E-state index contributed by atoms with van der Waals surface area (Å²) >= 11 is 0. The van der Waals surface area contributed by atoms with Gasteiger partial charge in [0.05, 0.1) is 0 Å². The number of nitrogens with zero attached hydrogens (tertiary/aromatic N) is 3. The molecule has 6 heteroatoms. The Morgan fingerprint density at radius 1 is 1.29 bits per heavy atom. The van der Waals surface area contributed by atoms with Gasteiger partial charge >= 0.3 is 0 Å². The molecule has 1 aliphatic heterocycles. The maximum absolute atomic E-state index is 12.6. The first-order valence-electron chi connectivity index (χ1n) is 7.03. The lowest BCUT2D eigenvalue weighted by atomic mass is 10.1. The smallest absolute Gasteiger partial charge is 0.253 e. The average molecular weight is 290 g/mol. The van der Waals surface area contributed by atoms with E-state index in [2.05, 4.69) is 31.0 Å². The topological polar surface area (TPSA) is 82.2 Å². The molecule has 1 heterocycles. The van der Waals surface area contributed by atoms with Crippen molar-refractivity contribution in [3.63, 3.8) is 0 Å². The molecule has 21 heavy (non-hydrogen) atoms.